The van der Waals surface area contributed by atoms with Crippen LogP contribution in [0.15, 0.2) is 10.4 Å². The van der Waals surface area contributed by atoms with Crippen molar-refractivity contribution >= 4 is 46.4 Å². The fraction of sp³-hybridized carbons (Fsp3) is 0.765. The van der Waals surface area contributed by atoms with Gasteiger partial charge in [-0.3, -0.25) is 4.99 Å². The fourth-order valence-electron chi connectivity index (χ4n) is 2.52. The largest absolute Gasteiger partial charge is 0.381 e. The number of aromatic nitrogens is 1. The summed E-state index contributed by atoms with van der Waals surface area (Å²) in [6.07, 6.45) is 3.22. The number of rotatable bonds is 9. The molecule has 0 spiro atoms. The summed E-state index contributed by atoms with van der Waals surface area (Å²) in [5.41, 5.74) is 1.02. The molecule has 1 aromatic rings. The average molecular weight is 497 g/mol. The minimum atomic E-state index is 0. The molecular weight excluding hydrogens is 465 g/mol. The molecule has 1 aromatic heterocycles. The molecule has 1 aliphatic rings. The highest BCUT2D eigenvalue weighted by Gasteiger charge is 2.13. The Hall–Kier alpha value is -0.650. The molecule has 0 aromatic carbocycles. The number of anilines is 1. The summed E-state index contributed by atoms with van der Waals surface area (Å²) >= 11 is 1.65. The Balaban J connectivity index is 0.00000338. The highest BCUT2D eigenvalue weighted by Crippen LogP contribution is 2.17. The Morgan fingerprint density at radius 1 is 1.38 bits per heavy atom. The molecule has 2 heterocycles. The summed E-state index contributed by atoms with van der Waals surface area (Å²) in [5.74, 6) is 1.46. The van der Waals surface area contributed by atoms with E-state index in [-0.39, 0.29) is 24.0 Å². The molecule has 0 amide bonds. The first-order valence-corrected chi connectivity index (χ1v) is 9.78. The van der Waals surface area contributed by atoms with E-state index < -0.39 is 0 Å². The van der Waals surface area contributed by atoms with Crippen LogP contribution in [0.3, 0.4) is 0 Å². The summed E-state index contributed by atoms with van der Waals surface area (Å²) in [5, 5.41) is 9.69. The maximum Gasteiger partial charge on any atom is 0.191 e. The Morgan fingerprint density at radius 2 is 2.15 bits per heavy atom. The first-order valence-electron chi connectivity index (χ1n) is 8.90. The number of ether oxygens (including phenoxy) is 2. The van der Waals surface area contributed by atoms with Gasteiger partial charge in [0.15, 0.2) is 11.1 Å². The third-order valence-electron chi connectivity index (χ3n) is 4.04. The molecule has 150 valence electrons. The number of aliphatic imine (C=N–C) groups is 1. The van der Waals surface area contributed by atoms with Crippen LogP contribution in [0.4, 0.5) is 5.13 Å². The molecule has 0 saturated carbocycles. The van der Waals surface area contributed by atoms with Crippen LogP contribution in [0, 0.1) is 5.92 Å². The highest BCUT2D eigenvalue weighted by atomic mass is 127. The number of guanidine groups is 1. The zero-order valence-corrected chi connectivity index (χ0v) is 19.1. The summed E-state index contributed by atoms with van der Waals surface area (Å²) in [6, 6.07) is 0. The van der Waals surface area contributed by atoms with Crippen molar-refractivity contribution in [1.82, 2.24) is 15.6 Å². The van der Waals surface area contributed by atoms with E-state index in [0.29, 0.717) is 12.5 Å². The molecule has 0 unspecified atom stereocenters. The lowest BCUT2D eigenvalue weighted by Crippen LogP contribution is -2.37. The van der Waals surface area contributed by atoms with Crippen molar-refractivity contribution in [2.24, 2.45) is 10.9 Å². The van der Waals surface area contributed by atoms with Gasteiger partial charge in [0, 0.05) is 59.5 Å². The smallest absolute Gasteiger partial charge is 0.191 e. The molecule has 26 heavy (non-hydrogen) atoms. The van der Waals surface area contributed by atoms with E-state index >= 15 is 0 Å². The van der Waals surface area contributed by atoms with Crippen molar-refractivity contribution in [3.05, 3.63) is 11.1 Å². The zero-order chi connectivity index (χ0) is 17.9. The summed E-state index contributed by atoms with van der Waals surface area (Å²) < 4.78 is 11.1. The molecular formula is C17H32IN5O2S. The third-order valence-corrected chi connectivity index (χ3v) is 5.09. The van der Waals surface area contributed by atoms with Crippen molar-refractivity contribution in [3.63, 3.8) is 0 Å². The highest BCUT2D eigenvalue weighted by molar-refractivity contribution is 14.0. The van der Waals surface area contributed by atoms with Crippen LogP contribution >= 0.6 is 35.3 Å². The molecule has 1 saturated heterocycles. The van der Waals surface area contributed by atoms with E-state index in [1.807, 2.05) is 19.0 Å². The van der Waals surface area contributed by atoms with Gasteiger partial charge in [0.2, 0.25) is 0 Å². The Bertz CT molecular complexity index is 521. The van der Waals surface area contributed by atoms with Gasteiger partial charge in [0.05, 0.1) is 12.2 Å². The summed E-state index contributed by atoms with van der Waals surface area (Å²) in [6.45, 7) is 4.91. The second-order valence-electron chi connectivity index (χ2n) is 6.35. The van der Waals surface area contributed by atoms with Gasteiger partial charge in [0.1, 0.15) is 0 Å². The Morgan fingerprint density at radius 3 is 2.81 bits per heavy atom. The lowest BCUT2D eigenvalue weighted by Gasteiger charge is -2.21. The maximum atomic E-state index is 5.77. The summed E-state index contributed by atoms with van der Waals surface area (Å²) in [7, 11) is 5.78. The van der Waals surface area contributed by atoms with Crippen LogP contribution in [0.25, 0.3) is 0 Å². The Labute approximate surface area is 178 Å². The van der Waals surface area contributed by atoms with Gasteiger partial charge in [-0.2, -0.15) is 0 Å². The van der Waals surface area contributed by atoms with Crippen LogP contribution in [-0.2, 0) is 16.0 Å². The van der Waals surface area contributed by atoms with E-state index in [0.717, 1.165) is 69.0 Å². The van der Waals surface area contributed by atoms with Crippen LogP contribution < -0.4 is 15.5 Å². The quantitative estimate of drug-likeness (QED) is 0.236. The fourth-order valence-corrected chi connectivity index (χ4v) is 3.28. The van der Waals surface area contributed by atoms with Gasteiger partial charge in [-0.1, -0.05) is 0 Å². The number of hydrogen-bond donors (Lipinski definition) is 2. The topological polar surface area (TPSA) is 71.0 Å². The van der Waals surface area contributed by atoms with Crippen LogP contribution in [0.2, 0.25) is 0 Å². The van der Waals surface area contributed by atoms with Crippen molar-refractivity contribution in [1.29, 1.82) is 0 Å². The molecule has 1 fully saturated rings. The van der Waals surface area contributed by atoms with Crippen molar-refractivity contribution in [2.45, 2.75) is 25.8 Å². The van der Waals surface area contributed by atoms with Crippen LogP contribution in [0.1, 0.15) is 25.0 Å². The molecule has 1 aliphatic heterocycles. The van der Waals surface area contributed by atoms with Crippen LogP contribution in [-0.4, -0.2) is 65.1 Å². The van der Waals surface area contributed by atoms with Crippen molar-refractivity contribution < 1.29 is 9.47 Å². The van der Waals surface area contributed by atoms with Gasteiger partial charge in [-0.15, -0.1) is 35.3 Å². The number of hydrogen-bond acceptors (Lipinski definition) is 6. The minimum Gasteiger partial charge on any atom is -0.381 e. The van der Waals surface area contributed by atoms with E-state index in [1.54, 1.807) is 18.4 Å². The molecule has 0 aliphatic carbocycles. The van der Waals surface area contributed by atoms with E-state index in [2.05, 4.69) is 26.0 Å². The van der Waals surface area contributed by atoms with Gasteiger partial charge >= 0.3 is 0 Å². The average Bonchev–Trinajstić information content (AvgIpc) is 3.11. The zero-order valence-electron chi connectivity index (χ0n) is 16.0. The van der Waals surface area contributed by atoms with E-state index in [1.165, 1.54) is 0 Å². The monoisotopic (exact) mass is 497 g/mol. The molecule has 0 atom stereocenters. The second-order valence-corrected chi connectivity index (χ2v) is 7.19. The molecule has 0 radical (unpaired) electrons. The van der Waals surface area contributed by atoms with E-state index in [9.17, 15) is 0 Å². The van der Waals surface area contributed by atoms with E-state index in [4.69, 9.17) is 9.47 Å². The molecule has 2 rings (SSSR count). The standard InChI is InChI=1S/C17H31N5O2S.HI/c1-18-16(20-11-15-13-25-17(21-15)22(2)3)19-7-4-8-24-12-14-5-9-23-10-6-14;/h13-14H,4-12H2,1-3H3,(H2,18,19,20);1H. The van der Waals surface area contributed by atoms with Gasteiger partial charge in [-0.25, -0.2) is 4.98 Å². The van der Waals surface area contributed by atoms with Gasteiger partial charge in [0.25, 0.3) is 0 Å². The first-order chi connectivity index (χ1) is 12.2. The maximum absolute atomic E-state index is 5.77. The number of thiazole rings is 1. The molecule has 0 bridgehead atoms. The number of halogens is 1. The molecule has 7 nitrogen and oxygen atoms in total. The predicted molar refractivity (Wildman–Crippen MR) is 119 cm³/mol. The predicted octanol–water partition coefficient (Wildman–Crippen LogP) is 2.33. The minimum absolute atomic E-state index is 0. The first kappa shape index (κ1) is 23.4. The lowest BCUT2D eigenvalue weighted by atomic mass is 10.0. The van der Waals surface area contributed by atoms with Crippen LogP contribution in [0.5, 0.6) is 0 Å². The molecule has 2 N–H and O–H groups in total. The van der Waals surface area contributed by atoms with Gasteiger partial charge in [-0.05, 0) is 25.2 Å². The van der Waals surface area contributed by atoms with Crippen molar-refractivity contribution in [2.75, 3.05) is 59.0 Å². The molecule has 9 heteroatoms. The number of nitrogens with one attached hydrogen (secondary N) is 2. The lowest BCUT2D eigenvalue weighted by molar-refractivity contribution is 0.0203. The third kappa shape index (κ3) is 8.83. The normalized spacial score (nSPS) is 15.4. The Kier molecular flexibility index (Phi) is 12.2. The second kappa shape index (κ2) is 13.5. The van der Waals surface area contributed by atoms with Gasteiger partial charge < -0.3 is 25.0 Å². The van der Waals surface area contributed by atoms with Crippen molar-refractivity contribution in [3.8, 4) is 0 Å². The number of nitrogens with zero attached hydrogens (tertiary/aromatic N) is 3. The SMILES string of the molecule is CN=C(NCCCOCC1CCOCC1)NCc1csc(N(C)C)n1.I. The summed E-state index contributed by atoms with van der Waals surface area (Å²) in [4.78, 5) is 10.8.